The second-order valence-corrected chi connectivity index (χ2v) is 7.94. The van der Waals surface area contributed by atoms with Gasteiger partial charge in [-0.3, -0.25) is 19.3 Å². The van der Waals surface area contributed by atoms with Crippen LogP contribution in [0.5, 0.6) is 5.75 Å². The Hall–Kier alpha value is -3.54. The predicted molar refractivity (Wildman–Crippen MR) is 121 cm³/mol. The third-order valence-corrected chi connectivity index (χ3v) is 5.86. The zero-order valence-electron chi connectivity index (χ0n) is 17.8. The van der Waals surface area contributed by atoms with Gasteiger partial charge in [-0.05, 0) is 24.5 Å². The summed E-state index contributed by atoms with van der Waals surface area (Å²) in [6.45, 7) is 4.42. The van der Waals surface area contributed by atoms with Crippen molar-refractivity contribution in [1.29, 1.82) is 0 Å². The Balaban J connectivity index is 1.92. The molecule has 0 saturated heterocycles. The number of benzene rings is 2. The molecule has 3 aromatic rings. The van der Waals surface area contributed by atoms with Gasteiger partial charge in [0.05, 0.1) is 6.04 Å². The first-order chi connectivity index (χ1) is 15.0. The molecule has 1 aliphatic heterocycles. The van der Waals surface area contributed by atoms with E-state index < -0.39 is 11.2 Å². The van der Waals surface area contributed by atoms with Crippen LogP contribution in [0.2, 0.25) is 0 Å². The second kappa shape index (κ2) is 8.68. The number of aromatic nitrogens is 1. The highest BCUT2D eigenvalue weighted by Crippen LogP contribution is 2.32. The standard InChI is InChI=1S/C25H27N3O3/c1-3-10-18(2)26-17-28(27-16-15-21(29)24(30)23(27)25(26)31)22(19-11-6-4-7-12-19)20-13-8-5-9-14-20/h4-9,11-16,18,22,30H,3,10,17H2,1-2H3. The van der Waals surface area contributed by atoms with Crippen LogP contribution in [-0.2, 0) is 0 Å². The summed E-state index contributed by atoms with van der Waals surface area (Å²) < 4.78 is 1.64. The van der Waals surface area contributed by atoms with Crippen molar-refractivity contribution in [2.45, 2.75) is 38.8 Å². The number of carbonyl (C=O) groups excluding carboxylic acids is 1. The first-order valence-electron chi connectivity index (χ1n) is 10.6. The molecule has 0 fully saturated rings. The van der Waals surface area contributed by atoms with Gasteiger partial charge in [-0.2, -0.15) is 0 Å². The SMILES string of the molecule is CCCC(C)N1CN(C(c2ccccc2)c2ccccc2)n2ccc(=O)c(O)c2C1=O. The number of nitrogens with zero attached hydrogens (tertiary/aromatic N) is 3. The van der Waals surface area contributed by atoms with Gasteiger partial charge in [-0.15, -0.1) is 0 Å². The molecule has 0 spiro atoms. The minimum absolute atomic E-state index is 0.0126. The molecule has 0 saturated carbocycles. The number of rotatable bonds is 6. The zero-order valence-corrected chi connectivity index (χ0v) is 17.8. The summed E-state index contributed by atoms with van der Waals surface area (Å²) in [6.07, 6.45) is 3.34. The van der Waals surface area contributed by atoms with E-state index in [1.54, 1.807) is 15.8 Å². The van der Waals surface area contributed by atoms with Crippen LogP contribution < -0.4 is 10.4 Å². The molecule has 4 rings (SSSR count). The number of pyridine rings is 1. The topological polar surface area (TPSA) is 65.8 Å². The van der Waals surface area contributed by atoms with Gasteiger partial charge < -0.3 is 10.0 Å². The van der Waals surface area contributed by atoms with Crippen LogP contribution in [0.25, 0.3) is 0 Å². The minimum Gasteiger partial charge on any atom is -0.502 e. The van der Waals surface area contributed by atoms with E-state index in [0.29, 0.717) is 6.67 Å². The average molecular weight is 418 g/mol. The number of hydrogen-bond donors (Lipinski definition) is 1. The van der Waals surface area contributed by atoms with Crippen LogP contribution in [0.15, 0.2) is 77.7 Å². The molecule has 6 heteroatoms. The molecular formula is C25H27N3O3. The third-order valence-electron chi connectivity index (χ3n) is 5.86. The Kier molecular flexibility index (Phi) is 5.80. The van der Waals surface area contributed by atoms with Gasteiger partial charge >= 0.3 is 0 Å². The van der Waals surface area contributed by atoms with Crippen LogP contribution >= 0.6 is 0 Å². The first kappa shape index (κ1) is 20.7. The van der Waals surface area contributed by atoms with E-state index in [0.717, 1.165) is 24.0 Å². The van der Waals surface area contributed by atoms with Crippen LogP contribution in [0.4, 0.5) is 0 Å². The highest BCUT2D eigenvalue weighted by Gasteiger charge is 2.37. The lowest BCUT2D eigenvalue weighted by Crippen LogP contribution is -2.57. The summed E-state index contributed by atoms with van der Waals surface area (Å²) in [7, 11) is 0. The predicted octanol–water partition coefficient (Wildman–Crippen LogP) is 3.88. The Morgan fingerprint density at radius 3 is 2.06 bits per heavy atom. The molecule has 1 N–H and O–H groups in total. The van der Waals surface area contributed by atoms with Gasteiger partial charge in [-0.1, -0.05) is 74.0 Å². The van der Waals surface area contributed by atoms with E-state index in [1.165, 1.54) is 6.07 Å². The Morgan fingerprint density at radius 2 is 1.52 bits per heavy atom. The van der Waals surface area contributed by atoms with Crippen molar-refractivity contribution >= 4 is 5.91 Å². The van der Waals surface area contributed by atoms with Crippen molar-refractivity contribution in [1.82, 2.24) is 9.58 Å². The highest BCUT2D eigenvalue weighted by atomic mass is 16.3. The number of fused-ring (bicyclic) bond motifs is 1. The summed E-state index contributed by atoms with van der Waals surface area (Å²) in [4.78, 5) is 27.3. The molecule has 31 heavy (non-hydrogen) atoms. The molecule has 0 radical (unpaired) electrons. The second-order valence-electron chi connectivity index (χ2n) is 7.94. The van der Waals surface area contributed by atoms with Gasteiger partial charge in [-0.25, -0.2) is 0 Å². The number of aromatic hydroxyl groups is 1. The van der Waals surface area contributed by atoms with Crippen molar-refractivity contribution < 1.29 is 9.90 Å². The summed E-state index contributed by atoms with van der Waals surface area (Å²) in [5.41, 5.74) is 1.56. The number of amides is 1. The molecule has 160 valence electrons. The Bertz CT molecular complexity index is 1070. The lowest BCUT2D eigenvalue weighted by atomic mass is 9.98. The highest BCUT2D eigenvalue weighted by molar-refractivity contribution is 5.96. The molecular weight excluding hydrogens is 390 g/mol. The molecule has 0 aliphatic carbocycles. The molecule has 1 unspecified atom stereocenters. The van der Waals surface area contributed by atoms with Gasteiger partial charge in [0.2, 0.25) is 5.43 Å². The van der Waals surface area contributed by atoms with Crippen molar-refractivity contribution in [3.05, 3.63) is 100.0 Å². The van der Waals surface area contributed by atoms with Crippen molar-refractivity contribution in [3.63, 3.8) is 0 Å². The maximum atomic E-state index is 13.3. The van der Waals surface area contributed by atoms with E-state index in [-0.39, 0.29) is 23.7 Å². The van der Waals surface area contributed by atoms with Crippen LogP contribution in [0.3, 0.4) is 0 Å². The maximum Gasteiger partial charge on any atom is 0.278 e. The molecule has 6 nitrogen and oxygen atoms in total. The van der Waals surface area contributed by atoms with E-state index >= 15 is 0 Å². The van der Waals surface area contributed by atoms with Crippen molar-refractivity contribution in [3.8, 4) is 5.75 Å². The summed E-state index contributed by atoms with van der Waals surface area (Å²) in [5, 5.41) is 12.6. The van der Waals surface area contributed by atoms with E-state index in [1.807, 2.05) is 48.3 Å². The molecule has 1 aliphatic rings. The van der Waals surface area contributed by atoms with E-state index in [9.17, 15) is 14.7 Å². The Morgan fingerprint density at radius 1 is 0.935 bits per heavy atom. The molecule has 1 aromatic heterocycles. The minimum atomic E-state index is -0.555. The third kappa shape index (κ3) is 3.81. The lowest BCUT2D eigenvalue weighted by molar-refractivity contribution is 0.0596. The molecule has 2 aromatic carbocycles. The molecule has 2 heterocycles. The maximum absolute atomic E-state index is 13.3. The smallest absolute Gasteiger partial charge is 0.278 e. The first-order valence-corrected chi connectivity index (χ1v) is 10.6. The normalized spacial score (nSPS) is 14.6. The summed E-state index contributed by atoms with van der Waals surface area (Å²) >= 11 is 0. The molecule has 1 atom stereocenters. The van der Waals surface area contributed by atoms with Crippen LogP contribution in [0.1, 0.15) is 54.3 Å². The fraction of sp³-hybridized carbons (Fsp3) is 0.280. The Labute approximate surface area is 181 Å². The average Bonchev–Trinajstić information content (AvgIpc) is 2.79. The zero-order chi connectivity index (χ0) is 22.0. The quantitative estimate of drug-likeness (QED) is 0.661. The van der Waals surface area contributed by atoms with Crippen LogP contribution in [0, 0.1) is 0 Å². The van der Waals surface area contributed by atoms with Gasteiger partial charge in [0.15, 0.2) is 11.4 Å². The van der Waals surface area contributed by atoms with E-state index in [2.05, 4.69) is 31.2 Å². The fourth-order valence-corrected chi connectivity index (χ4v) is 4.28. The lowest BCUT2D eigenvalue weighted by Gasteiger charge is -2.45. The summed E-state index contributed by atoms with van der Waals surface area (Å²) in [6, 6.07) is 21.2. The van der Waals surface area contributed by atoms with E-state index in [4.69, 9.17) is 0 Å². The van der Waals surface area contributed by atoms with Crippen molar-refractivity contribution in [2.75, 3.05) is 11.7 Å². The largest absolute Gasteiger partial charge is 0.502 e. The number of carbonyl (C=O) groups is 1. The molecule has 0 bridgehead atoms. The van der Waals surface area contributed by atoms with Crippen LogP contribution in [-0.4, -0.2) is 33.3 Å². The van der Waals surface area contributed by atoms with Crippen molar-refractivity contribution in [2.24, 2.45) is 0 Å². The van der Waals surface area contributed by atoms with Gasteiger partial charge in [0.1, 0.15) is 6.67 Å². The van der Waals surface area contributed by atoms with Gasteiger partial charge in [0, 0.05) is 18.3 Å². The number of hydrogen-bond acceptors (Lipinski definition) is 4. The molecule has 1 amide bonds. The monoisotopic (exact) mass is 417 g/mol. The van der Waals surface area contributed by atoms with Gasteiger partial charge in [0.25, 0.3) is 5.91 Å². The summed E-state index contributed by atoms with van der Waals surface area (Å²) in [5.74, 6) is -0.835. The fourth-order valence-electron chi connectivity index (χ4n) is 4.28.